The van der Waals surface area contributed by atoms with Crippen molar-refractivity contribution in [2.24, 2.45) is 0 Å². The summed E-state index contributed by atoms with van der Waals surface area (Å²) in [6.45, 7) is 5.30. The number of aryl methyl sites for hydroxylation is 1. The van der Waals surface area contributed by atoms with Crippen LogP contribution < -0.4 is 5.32 Å². The summed E-state index contributed by atoms with van der Waals surface area (Å²) in [7, 11) is 1.68. The molecule has 17 heavy (non-hydrogen) atoms. The first-order chi connectivity index (χ1) is 7.90. The first kappa shape index (κ1) is 13.3. The predicted molar refractivity (Wildman–Crippen MR) is 63.2 cm³/mol. The van der Waals surface area contributed by atoms with E-state index in [2.05, 4.69) is 5.32 Å². The van der Waals surface area contributed by atoms with Crippen LogP contribution in [-0.2, 0) is 16.1 Å². The SMILES string of the molecule is CC(=O)NC(C)C(=O)N(C)Cc1ccc(C)o1. The van der Waals surface area contributed by atoms with Crippen molar-refractivity contribution < 1.29 is 14.0 Å². The summed E-state index contributed by atoms with van der Waals surface area (Å²) < 4.78 is 5.38. The molecule has 1 unspecified atom stereocenters. The van der Waals surface area contributed by atoms with Crippen molar-refractivity contribution in [1.29, 1.82) is 0 Å². The molecule has 2 amide bonds. The molecule has 0 aromatic carbocycles. The van der Waals surface area contributed by atoms with Crippen LogP contribution in [0.25, 0.3) is 0 Å². The van der Waals surface area contributed by atoms with E-state index in [4.69, 9.17) is 4.42 Å². The molecule has 0 aliphatic carbocycles. The zero-order chi connectivity index (χ0) is 13.0. The van der Waals surface area contributed by atoms with Gasteiger partial charge in [0.15, 0.2) is 0 Å². The van der Waals surface area contributed by atoms with E-state index < -0.39 is 6.04 Å². The lowest BCUT2D eigenvalue weighted by Crippen LogP contribution is -2.44. The molecule has 0 fully saturated rings. The monoisotopic (exact) mass is 238 g/mol. The topological polar surface area (TPSA) is 62.6 Å². The minimum absolute atomic E-state index is 0.144. The van der Waals surface area contributed by atoms with Gasteiger partial charge in [-0.2, -0.15) is 0 Å². The van der Waals surface area contributed by atoms with E-state index in [-0.39, 0.29) is 11.8 Å². The Kier molecular flexibility index (Phi) is 4.31. The minimum Gasteiger partial charge on any atom is -0.464 e. The number of hydrogen-bond donors (Lipinski definition) is 1. The van der Waals surface area contributed by atoms with Crippen LogP contribution in [0.3, 0.4) is 0 Å². The van der Waals surface area contributed by atoms with Gasteiger partial charge in [-0.3, -0.25) is 9.59 Å². The average molecular weight is 238 g/mol. The zero-order valence-electron chi connectivity index (χ0n) is 10.6. The fraction of sp³-hybridized carbons (Fsp3) is 0.500. The van der Waals surface area contributed by atoms with Crippen LogP contribution in [0.2, 0.25) is 0 Å². The Labute approximate surface area is 101 Å². The van der Waals surface area contributed by atoms with Crippen LogP contribution in [0, 0.1) is 6.92 Å². The molecule has 0 radical (unpaired) electrons. The summed E-state index contributed by atoms with van der Waals surface area (Å²) >= 11 is 0. The Bertz CT molecular complexity index is 412. The molecule has 1 rings (SSSR count). The lowest BCUT2D eigenvalue weighted by atomic mass is 10.3. The molecular weight excluding hydrogens is 220 g/mol. The van der Waals surface area contributed by atoms with Gasteiger partial charge in [0.1, 0.15) is 17.6 Å². The van der Waals surface area contributed by atoms with Crippen molar-refractivity contribution in [2.45, 2.75) is 33.4 Å². The molecule has 1 aromatic rings. The van der Waals surface area contributed by atoms with Crippen molar-refractivity contribution >= 4 is 11.8 Å². The normalized spacial score (nSPS) is 12.0. The summed E-state index contributed by atoms with van der Waals surface area (Å²) in [6, 6.07) is 3.17. The Morgan fingerprint density at radius 3 is 2.59 bits per heavy atom. The summed E-state index contributed by atoms with van der Waals surface area (Å²) in [5.41, 5.74) is 0. The highest BCUT2D eigenvalue weighted by Gasteiger charge is 2.18. The maximum atomic E-state index is 11.9. The molecular formula is C12H18N2O3. The fourth-order valence-electron chi connectivity index (χ4n) is 1.58. The molecule has 0 bridgehead atoms. The number of nitrogens with one attached hydrogen (secondary N) is 1. The van der Waals surface area contributed by atoms with Gasteiger partial charge < -0.3 is 14.6 Å². The maximum Gasteiger partial charge on any atom is 0.245 e. The van der Waals surface area contributed by atoms with Gasteiger partial charge in [-0.1, -0.05) is 0 Å². The lowest BCUT2D eigenvalue weighted by molar-refractivity contribution is -0.135. The molecule has 94 valence electrons. The summed E-state index contributed by atoms with van der Waals surface area (Å²) in [5, 5.41) is 2.55. The summed E-state index contributed by atoms with van der Waals surface area (Å²) in [6.07, 6.45) is 0. The Morgan fingerprint density at radius 1 is 1.47 bits per heavy atom. The lowest BCUT2D eigenvalue weighted by Gasteiger charge is -2.20. The minimum atomic E-state index is -0.520. The first-order valence-electron chi connectivity index (χ1n) is 5.47. The van der Waals surface area contributed by atoms with Gasteiger partial charge in [-0.15, -0.1) is 0 Å². The molecule has 0 saturated carbocycles. The van der Waals surface area contributed by atoms with E-state index in [1.807, 2.05) is 19.1 Å². The van der Waals surface area contributed by atoms with Crippen LogP contribution in [0.4, 0.5) is 0 Å². The molecule has 0 saturated heterocycles. The van der Waals surface area contributed by atoms with E-state index in [1.54, 1.807) is 14.0 Å². The van der Waals surface area contributed by atoms with Crippen molar-refractivity contribution in [1.82, 2.24) is 10.2 Å². The molecule has 1 atom stereocenters. The van der Waals surface area contributed by atoms with Crippen LogP contribution in [0.5, 0.6) is 0 Å². The number of amides is 2. The van der Waals surface area contributed by atoms with Crippen molar-refractivity contribution in [2.75, 3.05) is 7.05 Å². The van der Waals surface area contributed by atoms with Crippen LogP contribution in [-0.4, -0.2) is 29.8 Å². The smallest absolute Gasteiger partial charge is 0.245 e. The van der Waals surface area contributed by atoms with E-state index in [0.29, 0.717) is 6.54 Å². The number of furan rings is 1. The van der Waals surface area contributed by atoms with Crippen LogP contribution >= 0.6 is 0 Å². The van der Waals surface area contributed by atoms with Crippen LogP contribution in [0.1, 0.15) is 25.4 Å². The van der Waals surface area contributed by atoms with Gasteiger partial charge in [-0.25, -0.2) is 0 Å². The van der Waals surface area contributed by atoms with Gasteiger partial charge in [0.25, 0.3) is 0 Å². The highest BCUT2D eigenvalue weighted by Crippen LogP contribution is 2.09. The molecule has 0 spiro atoms. The quantitative estimate of drug-likeness (QED) is 0.853. The van der Waals surface area contributed by atoms with E-state index >= 15 is 0 Å². The average Bonchev–Trinajstić information content (AvgIpc) is 2.61. The molecule has 5 nitrogen and oxygen atoms in total. The van der Waals surface area contributed by atoms with Crippen LogP contribution in [0.15, 0.2) is 16.5 Å². The summed E-state index contributed by atoms with van der Waals surface area (Å²) in [5.74, 6) is 1.19. The number of carbonyl (C=O) groups excluding carboxylic acids is 2. The molecule has 0 aliphatic heterocycles. The second kappa shape index (κ2) is 5.52. The first-order valence-corrected chi connectivity index (χ1v) is 5.47. The number of nitrogens with zero attached hydrogens (tertiary/aromatic N) is 1. The predicted octanol–water partition coefficient (Wildman–Crippen LogP) is 1.07. The Hall–Kier alpha value is -1.78. The van der Waals surface area contributed by atoms with Gasteiger partial charge >= 0.3 is 0 Å². The van der Waals surface area contributed by atoms with E-state index in [9.17, 15) is 9.59 Å². The summed E-state index contributed by atoms with van der Waals surface area (Å²) in [4.78, 5) is 24.2. The second-order valence-electron chi connectivity index (χ2n) is 4.13. The van der Waals surface area contributed by atoms with E-state index in [0.717, 1.165) is 11.5 Å². The largest absolute Gasteiger partial charge is 0.464 e. The molecule has 1 N–H and O–H groups in total. The van der Waals surface area contributed by atoms with Gasteiger partial charge in [0, 0.05) is 14.0 Å². The zero-order valence-corrected chi connectivity index (χ0v) is 10.6. The van der Waals surface area contributed by atoms with Gasteiger partial charge in [0.05, 0.1) is 6.54 Å². The molecule has 1 heterocycles. The van der Waals surface area contributed by atoms with Gasteiger partial charge in [0.2, 0.25) is 11.8 Å². The van der Waals surface area contributed by atoms with Crippen molar-refractivity contribution in [3.8, 4) is 0 Å². The van der Waals surface area contributed by atoms with Gasteiger partial charge in [-0.05, 0) is 26.0 Å². The van der Waals surface area contributed by atoms with E-state index in [1.165, 1.54) is 11.8 Å². The third-order valence-corrected chi connectivity index (χ3v) is 2.36. The second-order valence-corrected chi connectivity index (χ2v) is 4.13. The number of rotatable bonds is 4. The third kappa shape index (κ3) is 3.94. The standard InChI is InChI=1S/C12H18N2O3/c1-8-5-6-11(17-8)7-14(4)12(16)9(2)13-10(3)15/h5-6,9H,7H2,1-4H3,(H,13,15). The maximum absolute atomic E-state index is 11.9. The Morgan fingerprint density at radius 2 is 2.12 bits per heavy atom. The van der Waals surface area contributed by atoms with Crippen molar-refractivity contribution in [3.63, 3.8) is 0 Å². The Balaban J connectivity index is 2.55. The fourth-order valence-corrected chi connectivity index (χ4v) is 1.58. The third-order valence-electron chi connectivity index (χ3n) is 2.36. The molecule has 1 aromatic heterocycles. The highest BCUT2D eigenvalue weighted by atomic mass is 16.3. The highest BCUT2D eigenvalue weighted by molar-refractivity contribution is 5.86. The molecule has 0 aliphatic rings. The molecule has 5 heteroatoms. The number of hydrogen-bond acceptors (Lipinski definition) is 3. The number of likely N-dealkylation sites (N-methyl/N-ethyl adjacent to an activating group) is 1. The number of carbonyl (C=O) groups is 2. The van der Waals surface area contributed by atoms with Crippen molar-refractivity contribution in [3.05, 3.63) is 23.7 Å².